The molecular formula is C13H13NO4. The Labute approximate surface area is 103 Å². The molecule has 2 amide bonds. The molecule has 0 radical (unpaired) electrons. The minimum absolute atomic E-state index is 0.167. The minimum Gasteiger partial charge on any atom is -0.480 e. The molecule has 5 heteroatoms. The maximum Gasteiger partial charge on any atom is 0.323 e. The van der Waals surface area contributed by atoms with Gasteiger partial charge in [-0.1, -0.05) is 12.2 Å². The van der Waals surface area contributed by atoms with Gasteiger partial charge in [-0.2, -0.15) is 0 Å². The lowest BCUT2D eigenvalue weighted by Crippen LogP contribution is -2.40. The fourth-order valence-corrected chi connectivity index (χ4v) is 4.31. The molecule has 5 nitrogen and oxygen atoms in total. The first-order valence-corrected chi connectivity index (χ1v) is 6.35. The Hall–Kier alpha value is -1.65. The number of likely N-dealkylation sites (tertiary alicyclic amines) is 1. The van der Waals surface area contributed by atoms with Crippen LogP contribution in [-0.4, -0.2) is 34.3 Å². The number of carbonyl (C=O) groups excluding carboxylic acids is 2. The molecule has 5 aliphatic rings. The standard InChI is InChI=1S/C13H13NO4/c15-9(16)4-14-12(17)10-5-1-2-6(8-3-7(5)8)11(10)13(14)18/h1-2,5-8,10-11H,3-4H2,(H,15,16)/t5-,6-,7-,8-,10+,11+/m0/s1. The monoisotopic (exact) mass is 247 g/mol. The van der Waals surface area contributed by atoms with E-state index in [4.69, 9.17) is 5.11 Å². The Morgan fingerprint density at radius 1 is 1.17 bits per heavy atom. The zero-order chi connectivity index (χ0) is 12.6. The highest BCUT2D eigenvalue weighted by atomic mass is 16.4. The van der Waals surface area contributed by atoms with Gasteiger partial charge in [0.15, 0.2) is 0 Å². The first-order valence-electron chi connectivity index (χ1n) is 6.35. The van der Waals surface area contributed by atoms with E-state index < -0.39 is 12.5 Å². The third-order valence-corrected chi connectivity index (χ3v) is 5.05. The van der Waals surface area contributed by atoms with Crippen molar-refractivity contribution in [1.82, 2.24) is 4.90 Å². The number of carbonyl (C=O) groups is 3. The molecule has 0 unspecified atom stereocenters. The summed E-state index contributed by atoms with van der Waals surface area (Å²) in [4.78, 5) is 36.2. The molecule has 4 aliphatic carbocycles. The van der Waals surface area contributed by atoms with Crippen molar-refractivity contribution in [3.63, 3.8) is 0 Å². The minimum atomic E-state index is -1.12. The molecule has 2 saturated carbocycles. The van der Waals surface area contributed by atoms with Gasteiger partial charge < -0.3 is 5.11 Å². The topological polar surface area (TPSA) is 74.7 Å². The van der Waals surface area contributed by atoms with Crippen molar-refractivity contribution in [3.05, 3.63) is 12.2 Å². The van der Waals surface area contributed by atoms with Crippen LogP contribution in [0.15, 0.2) is 12.2 Å². The number of allylic oxidation sites excluding steroid dienone is 2. The highest BCUT2D eigenvalue weighted by Gasteiger charge is 2.67. The van der Waals surface area contributed by atoms with Gasteiger partial charge in [-0.3, -0.25) is 19.3 Å². The number of nitrogens with zero attached hydrogens (tertiary/aromatic N) is 1. The van der Waals surface area contributed by atoms with E-state index in [-0.39, 0.29) is 35.5 Å². The van der Waals surface area contributed by atoms with Crippen LogP contribution < -0.4 is 0 Å². The van der Waals surface area contributed by atoms with Crippen molar-refractivity contribution in [2.45, 2.75) is 6.42 Å². The quantitative estimate of drug-likeness (QED) is 0.555. The van der Waals surface area contributed by atoms with Crippen LogP contribution in [0.1, 0.15) is 6.42 Å². The van der Waals surface area contributed by atoms with Crippen molar-refractivity contribution in [2.24, 2.45) is 35.5 Å². The Balaban J connectivity index is 1.72. The van der Waals surface area contributed by atoms with Gasteiger partial charge in [-0.15, -0.1) is 0 Å². The van der Waals surface area contributed by atoms with E-state index in [1.807, 2.05) is 0 Å². The zero-order valence-corrected chi connectivity index (χ0v) is 9.65. The Bertz CT molecular complexity index is 475. The fourth-order valence-electron chi connectivity index (χ4n) is 4.31. The van der Waals surface area contributed by atoms with Crippen LogP contribution in [0.4, 0.5) is 0 Å². The summed E-state index contributed by atoms with van der Waals surface area (Å²) in [6, 6.07) is 0. The van der Waals surface area contributed by atoms with E-state index in [0.29, 0.717) is 11.8 Å². The molecule has 1 aliphatic heterocycles. The van der Waals surface area contributed by atoms with Gasteiger partial charge in [0.05, 0.1) is 11.8 Å². The number of carboxylic acid groups (broad SMARTS) is 1. The van der Waals surface area contributed by atoms with Crippen molar-refractivity contribution in [1.29, 1.82) is 0 Å². The SMILES string of the molecule is O=C(O)CN1C(=O)[C@@H]2[C@H]3C=C[C@@H]([C@@H]4C[C@@H]34)[C@H]2C1=O. The highest BCUT2D eigenvalue weighted by molar-refractivity contribution is 6.07. The second-order valence-corrected chi connectivity index (χ2v) is 5.81. The Morgan fingerprint density at radius 2 is 1.67 bits per heavy atom. The van der Waals surface area contributed by atoms with Crippen LogP contribution in [0.25, 0.3) is 0 Å². The average Bonchev–Trinajstić information content (AvgIpc) is 3.11. The summed E-state index contributed by atoms with van der Waals surface area (Å²) in [7, 11) is 0. The smallest absolute Gasteiger partial charge is 0.323 e. The maximum atomic E-state index is 12.2. The largest absolute Gasteiger partial charge is 0.480 e. The number of hydrogen-bond acceptors (Lipinski definition) is 3. The predicted octanol–water partition coefficient (Wildman–Crippen LogP) is 0.124. The zero-order valence-electron chi connectivity index (χ0n) is 9.65. The number of amides is 2. The molecule has 1 heterocycles. The average molecular weight is 247 g/mol. The molecule has 5 rings (SSSR count). The van der Waals surface area contributed by atoms with E-state index in [9.17, 15) is 14.4 Å². The second kappa shape index (κ2) is 3.02. The number of hydrogen-bond donors (Lipinski definition) is 1. The van der Waals surface area contributed by atoms with Crippen molar-refractivity contribution < 1.29 is 19.5 Å². The normalized spacial score (nSPS) is 47.2. The lowest BCUT2D eigenvalue weighted by atomic mass is 9.63. The Kier molecular flexibility index (Phi) is 1.73. The number of rotatable bonds is 2. The first kappa shape index (κ1) is 10.3. The van der Waals surface area contributed by atoms with E-state index >= 15 is 0 Å². The summed E-state index contributed by atoms with van der Waals surface area (Å²) in [6.07, 6.45) is 5.28. The fraction of sp³-hybridized carbons (Fsp3) is 0.615. The van der Waals surface area contributed by atoms with E-state index in [0.717, 1.165) is 11.3 Å². The second-order valence-electron chi connectivity index (χ2n) is 5.81. The van der Waals surface area contributed by atoms with Crippen LogP contribution in [0.3, 0.4) is 0 Å². The van der Waals surface area contributed by atoms with Crippen molar-refractivity contribution >= 4 is 17.8 Å². The number of imide groups is 1. The van der Waals surface area contributed by atoms with Crippen LogP contribution in [-0.2, 0) is 14.4 Å². The van der Waals surface area contributed by atoms with Gasteiger partial charge in [-0.05, 0) is 30.1 Å². The maximum absolute atomic E-state index is 12.2. The van der Waals surface area contributed by atoms with Crippen LogP contribution >= 0.6 is 0 Å². The third kappa shape index (κ3) is 1.05. The molecule has 0 aromatic rings. The summed E-state index contributed by atoms with van der Waals surface area (Å²) in [5.74, 6) is -0.771. The van der Waals surface area contributed by atoms with Gasteiger partial charge in [0.2, 0.25) is 11.8 Å². The van der Waals surface area contributed by atoms with Gasteiger partial charge in [-0.25, -0.2) is 0 Å². The molecule has 1 N–H and O–H groups in total. The van der Waals surface area contributed by atoms with Crippen molar-refractivity contribution in [3.8, 4) is 0 Å². The molecule has 2 bridgehead atoms. The van der Waals surface area contributed by atoms with Gasteiger partial charge >= 0.3 is 5.97 Å². The van der Waals surface area contributed by atoms with E-state index in [1.165, 1.54) is 0 Å². The third-order valence-electron chi connectivity index (χ3n) is 5.05. The van der Waals surface area contributed by atoms with E-state index in [2.05, 4.69) is 12.2 Å². The van der Waals surface area contributed by atoms with Crippen LogP contribution in [0, 0.1) is 35.5 Å². The van der Waals surface area contributed by atoms with E-state index in [1.54, 1.807) is 0 Å². The summed E-state index contributed by atoms with van der Waals surface area (Å²) in [5, 5.41) is 8.79. The van der Waals surface area contributed by atoms with Gasteiger partial charge in [0, 0.05) is 0 Å². The van der Waals surface area contributed by atoms with Crippen LogP contribution in [0.2, 0.25) is 0 Å². The summed E-state index contributed by atoms with van der Waals surface area (Å²) >= 11 is 0. The molecule has 3 fully saturated rings. The van der Waals surface area contributed by atoms with Crippen LogP contribution in [0.5, 0.6) is 0 Å². The first-order chi connectivity index (χ1) is 8.59. The molecule has 1 saturated heterocycles. The molecule has 18 heavy (non-hydrogen) atoms. The van der Waals surface area contributed by atoms with Gasteiger partial charge in [0.25, 0.3) is 0 Å². The number of carboxylic acids is 1. The molecule has 0 aromatic carbocycles. The molecular weight excluding hydrogens is 234 g/mol. The predicted molar refractivity (Wildman–Crippen MR) is 59.1 cm³/mol. The molecule has 6 atom stereocenters. The molecule has 94 valence electrons. The summed E-state index contributed by atoms with van der Waals surface area (Å²) in [6.45, 7) is -0.487. The molecule has 0 spiro atoms. The van der Waals surface area contributed by atoms with Crippen molar-refractivity contribution in [2.75, 3.05) is 6.54 Å². The highest BCUT2D eigenvalue weighted by Crippen LogP contribution is 2.65. The Morgan fingerprint density at radius 3 is 2.11 bits per heavy atom. The summed E-state index contributed by atoms with van der Waals surface area (Å²) in [5.41, 5.74) is 0. The summed E-state index contributed by atoms with van der Waals surface area (Å²) < 4.78 is 0. The lowest BCUT2D eigenvalue weighted by molar-refractivity contribution is -0.149. The lowest BCUT2D eigenvalue weighted by Gasteiger charge is -2.37. The molecule has 0 aromatic heterocycles. The van der Waals surface area contributed by atoms with Gasteiger partial charge in [0.1, 0.15) is 6.54 Å². The number of aliphatic carboxylic acids is 1.